The Kier molecular flexibility index (Phi) is 2.81. The predicted molar refractivity (Wildman–Crippen MR) is 69.1 cm³/mol. The summed E-state index contributed by atoms with van der Waals surface area (Å²) in [5.41, 5.74) is 2.20. The third kappa shape index (κ3) is 1.94. The molecule has 0 bridgehead atoms. The molecule has 0 N–H and O–H groups in total. The van der Waals surface area contributed by atoms with Crippen molar-refractivity contribution in [1.82, 2.24) is 0 Å². The largest absolute Gasteiger partial charge is 0.500 e. The molecule has 0 saturated heterocycles. The number of hydrogen-bond donors (Lipinski definition) is 0. The Morgan fingerprint density at radius 1 is 1.29 bits per heavy atom. The lowest BCUT2D eigenvalue weighted by Gasteiger charge is -2.12. The van der Waals surface area contributed by atoms with E-state index in [-0.39, 0.29) is 5.25 Å². The Morgan fingerprint density at radius 2 is 2.06 bits per heavy atom. The van der Waals surface area contributed by atoms with Crippen molar-refractivity contribution in [3.63, 3.8) is 0 Å². The lowest BCUT2D eigenvalue weighted by atomic mass is 10.1. The summed E-state index contributed by atoms with van der Waals surface area (Å²) in [4.78, 5) is 0.844. The molecule has 0 saturated carbocycles. The number of allylic oxidation sites excluding steroid dienone is 1. The van der Waals surface area contributed by atoms with Gasteiger partial charge in [0.1, 0.15) is 0 Å². The molecule has 0 amide bonds. The first-order valence-corrected chi connectivity index (χ1v) is 7.04. The van der Waals surface area contributed by atoms with E-state index in [9.17, 15) is 4.21 Å². The number of rotatable bonds is 1. The highest BCUT2D eigenvalue weighted by Gasteiger charge is 2.31. The van der Waals surface area contributed by atoms with Crippen molar-refractivity contribution in [2.75, 3.05) is 6.61 Å². The van der Waals surface area contributed by atoms with E-state index >= 15 is 0 Å². The van der Waals surface area contributed by atoms with E-state index in [4.69, 9.17) is 16.3 Å². The topological polar surface area (TPSA) is 26.3 Å². The maximum Gasteiger partial charge on any atom is 0.0993 e. The SMILES string of the molecule is O=S1C2=COCCC2=CC1c1ccc(Cl)cc1. The third-order valence-corrected chi connectivity index (χ3v) is 4.91. The maximum absolute atomic E-state index is 12.3. The van der Waals surface area contributed by atoms with Gasteiger partial charge >= 0.3 is 0 Å². The lowest BCUT2D eigenvalue weighted by molar-refractivity contribution is 0.244. The standard InChI is InChI=1S/C13H11ClO2S/c14-11-3-1-9(2-4-11)12-7-10-5-6-16-8-13(10)17(12)15/h1-4,7-8,12H,5-6H2. The van der Waals surface area contributed by atoms with E-state index in [0.29, 0.717) is 11.6 Å². The molecule has 0 spiro atoms. The molecule has 0 fully saturated rings. The van der Waals surface area contributed by atoms with Gasteiger partial charge in [-0.05, 0) is 23.3 Å². The van der Waals surface area contributed by atoms with Gasteiger partial charge in [0.05, 0.1) is 33.8 Å². The Balaban J connectivity index is 1.98. The average molecular weight is 267 g/mol. The van der Waals surface area contributed by atoms with Crippen molar-refractivity contribution in [2.24, 2.45) is 0 Å². The minimum absolute atomic E-state index is 0.0600. The average Bonchev–Trinajstić information content (AvgIpc) is 2.69. The van der Waals surface area contributed by atoms with Gasteiger partial charge in [0.15, 0.2) is 0 Å². The predicted octanol–water partition coefficient (Wildman–Crippen LogP) is 3.33. The second-order valence-corrected chi connectivity index (χ2v) is 6.04. The van der Waals surface area contributed by atoms with Crippen molar-refractivity contribution in [3.05, 3.63) is 57.7 Å². The fraction of sp³-hybridized carbons (Fsp3) is 0.231. The third-order valence-electron chi connectivity index (χ3n) is 2.99. The number of ether oxygens (including phenoxy) is 1. The number of halogens is 1. The Hall–Kier alpha value is -1.06. The van der Waals surface area contributed by atoms with Crippen LogP contribution in [-0.4, -0.2) is 10.8 Å². The van der Waals surface area contributed by atoms with Gasteiger partial charge in [-0.25, -0.2) is 0 Å². The van der Waals surface area contributed by atoms with Crippen LogP contribution in [0.25, 0.3) is 0 Å². The highest BCUT2D eigenvalue weighted by molar-refractivity contribution is 7.90. The molecule has 0 radical (unpaired) electrons. The summed E-state index contributed by atoms with van der Waals surface area (Å²) in [6.45, 7) is 0.680. The molecule has 2 nitrogen and oxygen atoms in total. The molecule has 2 heterocycles. The number of hydrogen-bond acceptors (Lipinski definition) is 2. The smallest absolute Gasteiger partial charge is 0.0993 e. The highest BCUT2D eigenvalue weighted by atomic mass is 35.5. The quantitative estimate of drug-likeness (QED) is 0.779. The molecule has 0 aliphatic carbocycles. The molecule has 4 heteroatoms. The van der Waals surface area contributed by atoms with Crippen molar-refractivity contribution in [2.45, 2.75) is 11.7 Å². The Labute approximate surface area is 107 Å². The van der Waals surface area contributed by atoms with Gasteiger partial charge in [-0.15, -0.1) is 0 Å². The molecule has 88 valence electrons. The monoisotopic (exact) mass is 266 g/mol. The van der Waals surface area contributed by atoms with Crippen LogP contribution in [0, 0.1) is 0 Å². The summed E-state index contributed by atoms with van der Waals surface area (Å²) in [7, 11) is -1.03. The van der Waals surface area contributed by atoms with Crippen LogP contribution < -0.4 is 0 Å². The van der Waals surface area contributed by atoms with Crippen molar-refractivity contribution < 1.29 is 8.95 Å². The second kappa shape index (κ2) is 4.31. The van der Waals surface area contributed by atoms with Gasteiger partial charge in [-0.3, -0.25) is 4.21 Å². The van der Waals surface area contributed by atoms with Crippen molar-refractivity contribution in [3.8, 4) is 0 Å². The summed E-state index contributed by atoms with van der Waals surface area (Å²) >= 11 is 5.85. The van der Waals surface area contributed by atoms with Crippen LogP contribution in [-0.2, 0) is 15.5 Å². The molecule has 2 aliphatic rings. The molecule has 0 aromatic heterocycles. The summed E-state index contributed by atoms with van der Waals surface area (Å²) < 4.78 is 17.5. The minimum atomic E-state index is -1.03. The molecule has 2 aliphatic heterocycles. The van der Waals surface area contributed by atoms with Gasteiger partial charge < -0.3 is 4.74 Å². The van der Waals surface area contributed by atoms with Gasteiger partial charge in [0.2, 0.25) is 0 Å². The first-order valence-electron chi connectivity index (χ1n) is 5.44. The fourth-order valence-electron chi connectivity index (χ4n) is 2.10. The minimum Gasteiger partial charge on any atom is -0.500 e. The van der Waals surface area contributed by atoms with Crippen molar-refractivity contribution >= 4 is 22.4 Å². The van der Waals surface area contributed by atoms with E-state index < -0.39 is 10.8 Å². The van der Waals surface area contributed by atoms with E-state index in [1.54, 1.807) is 6.26 Å². The number of fused-ring (bicyclic) bond motifs is 1. The van der Waals surface area contributed by atoms with Gasteiger partial charge in [-0.1, -0.05) is 29.8 Å². The van der Waals surface area contributed by atoms with Crippen LogP contribution in [0.3, 0.4) is 0 Å². The van der Waals surface area contributed by atoms with Gasteiger partial charge in [-0.2, -0.15) is 0 Å². The van der Waals surface area contributed by atoms with Crippen molar-refractivity contribution in [1.29, 1.82) is 0 Å². The Morgan fingerprint density at radius 3 is 2.76 bits per heavy atom. The fourth-order valence-corrected chi connectivity index (χ4v) is 3.78. The van der Waals surface area contributed by atoms with E-state index in [0.717, 1.165) is 22.5 Å². The van der Waals surface area contributed by atoms with Crippen LogP contribution >= 0.6 is 11.6 Å². The van der Waals surface area contributed by atoms with E-state index in [1.165, 1.54) is 0 Å². The summed E-state index contributed by atoms with van der Waals surface area (Å²) in [5, 5.41) is 0.639. The van der Waals surface area contributed by atoms with Crippen LogP contribution in [0.15, 0.2) is 47.1 Å². The molecule has 1 aromatic carbocycles. The molecular weight excluding hydrogens is 256 g/mol. The first kappa shape index (κ1) is 11.1. The molecule has 2 atom stereocenters. The zero-order valence-electron chi connectivity index (χ0n) is 9.06. The molecular formula is C13H11ClO2S. The van der Waals surface area contributed by atoms with Crippen LogP contribution in [0.2, 0.25) is 5.02 Å². The van der Waals surface area contributed by atoms with Crippen LogP contribution in [0.4, 0.5) is 0 Å². The summed E-state index contributed by atoms with van der Waals surface area (Å²) in [6, 6.07) is 7.53. The molecule has 1 aromatic rings. The second-order valence-electron chi connectivity index (χ2n) is 4.06. The highest BCUT2D eigenvalue weighted by Crippen LogP contribution is 2.40. The molecule has 3 rings (SSSR count). The zero-order valence-corrected chi connectivity index (χ0v) is 10.6. The maximum atomic E-state index is 12.3. The summed E-state index contributed by atoms with van der Waals surface area (Å²) in [6.07, 6.45) is 4.58. The van der Waals surface area contributed by atoms with Crippen LogP contribution in [0.1, 0.15) is 17.2 Å². The first-order chi connectivity index (χ1) is 8.25. The van der Waals surface area contributed by atoms with E-state index in [2.05, 4.69) is 6.08 Å². The Bertz CT molecular complexity index is 531. The van der Waals surface area contributed by atoms with Gasteiger partial charge in [0.25, 0.3) is 0 Å². The molecule has 2 unspecified atom stereocenters. The zero-order chi connectivity index (χ0) is 11.8. The summed E-state index contributed by atoms with van der Waals surface area (Å²) in [5.74, 6) is 0. The van der Waals surface area contributed by atoms with Crippen LogP contribution in [0.5, 0.6) is 0 Å². The van der Waals surface area contributed by atoms with Gasteiger partial charge in [0, 0.05) is 11.4 Å². The normalized spacial score (nSPS) is 26.9. The lowest BCUT2D eigenvalue weighted by Crippen LogP contribution is -2.04. The molecule has 17 heavy (non-hydrogen) atoms. The van der Waals surface area contributed by atoms with E-state index in [1.807, 2.05) is 24.3 Å². The number of benzene rings is 1.